The summed E-state index contributed by atoms with van der Waals surface area (Å²) in [5.74, 6) is -0.0921. The minimum Gasteiger partial charge on any atom is -0.543 e. The van der Waals surface area contributed by atoms with Crippen LogP contribution in [0.25, 0.3) is 17.0 Å². The number of methoxy groups -OCH3 is 2. The average molecular weight is 299 g/mol. The Kier molecular flexibility index (Phi) is 3.34. The predicted molar refractivity (Wildman–Crippen MR) is 73.7 cm³/mol. The molecule has 1 aromatic carbocycles. The number of hydrogen-bond acceptors (Lipinski definition) is 7. The van der Waals surface area contributed by atoms with E-state index >= 15 is 0 Å². The van der Waals surface area contributed by atoms with E-state index in [9.17, 15) is 9.90 Å². The summed E-state index contributed by atoms with van der Waals surface area (Å²) >= 11 is 0. The van der Waals surface area contributed by atoms with Gasteiger partial charge in [-0.25, -0.2) is 4.98 Å². The van der Waals surface area contributed by atoms with Crippen molar-refractivity contribution in [3.05, 3.63) is 36.3 Å². The standard InChI is InChI=1S/C14H12N4O4/c1-21-8-3-4-9(12(5-8)22-2)10-6-11(13(19)20)18-14(17-10)15-7-16-18/h3-7H,1-2H3,(H,19,20)/p-1. The second-order valence-electron chi connectivity index (χ2n) is 4.35. The third-order valence-electron chi connectivity index (χ3n) is 3.15. The summed E-state index contributed by atoms with van der Waals surface area (Å²) in [7, 11) is 3.05. The fourth-order valence-corrected chi connectivity index (χ4v) is 2.11. The SMILES string of the molecule is COc1ccc(-c2cc(C(=O)[O-])n3ncnc3n2)c(OC)c1. The summed E-state index contributed by atoms with van der Waals surface area (Å²) in [6.07, 6.45) is 1.23. The van der Waals surface area contributed by atoms with Crippen molar-refractivity contribution in [2.75, 3.05) is 14.2 Å². The highest BCUT2D eigenvalue weighted by Crippen LogP contribution is 2.32. The molecule has 0 atom stereocenters. The van der Waals surface area contributed by atoms with E-state index in [2.05, 4.69) is 15.1 Å². The van der Waals surface area contributed by atoms with Gasteiger partial charge < -0.3 is 19.4 Å². The van der Waals surface area contributed by atoms with Crippen LogP contribution >= 0.6 is 0 Å². The van der Waals surface area contributed by atoms with Crippen LogP contribution in [0, 0.1) is 0 Å². The van der Waals surface area contributed by atoms with E-state index in [1.165, 1.54) is 19.5 Å². The van der Waals surface area contributed by atoms with Gasteiger partial charge in [0.25, 0.3) is 5.78 Å². The number of carbonyl (C=O) groups is 1. The van der Waals surface area contributed by atoms with Crippen LogP contribution in [-0.2, 0) is 0 Å². The molecule has 8 nitrogen and oxygen atoms in total. The van der Waals surface area contributed by atoms with Gasteiger partial charge in [0.2, 0.25) is 0 Å². The van der Waals surface area contributed by atoms with Crippen LogP contribution in [0.4, 0.5) is 0 Å². The summed E-state index contributed by atoms with van der Waals surface area (Å²) in [4.78, 5) is 19.5. The Morgan fingerprint density at radius 1 is 1.23 bits per heavy atom. The Morgan fingerprint density at radius 3 is 2.73 bits per heavy atom. The summed E-state index contributed by atoms with van der Waals surface area (Å²) < 4.78 is 11.6. The van der Waals surface area contributed by atoms with Crippen molar-refractivity contribution in [1.82, 2.24) is 19.6 Å². The lowest BCUT2D eigenvalue weighted by molar-refractivity contribution is -0.255. The molecule has 0 fully saturated rings. The molecule has 112 valence electrons. The molecule has 2 aromatic heterocycles. The first kappa shape index (κ1) is 13.8. The molecule has 3 rings (SSSR count). The molecule has 0 aliphatic heterocycles. The highest BCUT2D eigenvalue weighted by molar-refractivity contribution is 5.86. The van der Waals surface area contributed by atoms with Crippen LogP contribution in [-0.4, -0.2) is 39.8 Å². The van der Waals surface area contributed by atoms with Crippen LogP contribution in [0.5, 0.6) is 11.5 Å². The summed E-state index contributed by atoms with van der Waals surface area (Å²) in [5, 5.41) is 15.1. The molecule has 0 amide bonds. The van der Waals surface area contributed by atoms with E-state index < -0.39 is 5.97 Å². The van der Waals surface area contributed by atoms with Gasteiger partial charge in [0.15, 0.2) is 0 Å². The highest BCUT2D eigenvalue weighted by atomic mass is 16.5. The molecule has 0 spiro atoms. The van der Waals surface area contributed by atoms with Gasteiger partial charge in [-0.2, -0.15) is 14.6 Å². The molecule has 0 N–H and O–H groups in total. The molecule has 22 heavy (non-hydrogen) atoms. The lowest BCUT2D eigenvalue weighted by atomic mass is 10.1. The van der Waals surface area contributed by atoms with Crippen molar-refractivity contribution in [1.29, 1.82) is 0 Å². The molecule has 0 radical (unpaired) electrons. The highest BCUT2D eigenvalue weighted by Gasteiger charge is 2.14. The smallest absolute Gasteiger partial charge is 0.253 e. The number of fused-ring (bicyclic) bond motifs is 1. The van der Waals surface area contributed by atoms with Gasteiger partial charge in [-0.3, -0.25) is 0 Å². The lowest BCUT2D eigenvalue weighted by Gasteiger charge is -2.12. The minimum absolute atomic E-state index is 0.143. The molecule has 0 saturated carbocycles. The van der Waals surface area contributed by atoms with Gasteiger partial charge in [0.05, 0.1) is 31.6 Å². The molecule has 0 unspecified atom stereocenters. The van der Waals surface area contributed by atoms with Gasteiger partial charge in [-0.05, 0) is 18.2 Å². The number of carboxylic acids is 1. The Balaban J connectivity index is 2.24. The maximum absolute atomic E-state index is 11.3. The van der Waals surface area contributed by atoms with E-state index in [4.69, 9.17) is 9.47 Å². The monoisotopic (exact) mass is 299 g/mol. The van der Waals surface area contributed by atoms with E-state index in [0.29, 0.717) is 22.8 Å². The fourth-order valence-electron chi connectivity index (χ4n) is 2.11. The molecule has 0 aliphatic carbocycles. The largest absolute Gasteiger partial charge is 0.543 e. The Bertz CT molecular complexity index is 859. The molecule has 2 heterocycles. The first-order valence-corrected chi connectivity index (χ1v) is 6.28. The van der Waals surface area contributed by atoms with E-state index in [1.807, 2.05) is 0 Å². The predicted octanol–water partition coefficient (Wildman–Crippen LogP) is 0.172. The van der Waals surface area contributed by atoms with E-state index in [-0.39, 0.29) is 11.5 Å². The maximum Gasteiger partial charge on any atom is 0.253 e. The number of carboxylic acid groups (broad SMARTS) is 1. The summed E-state index contributed by atoms with van der Waals surface area (Å²) in [6, 6.07) is 6.50. The quantitative estimate of drug-likeness (QED) is 0.676. The number of nitrogens with zero attached hydrogens (tertiary/aromatic N) is 4. The molecule has 0 saturated heterocycles. The van der Waals surface area contributed by atoms with Crippen LogP contribution in [0.2, 0.25) is 0 Å². The summed E-state index contributed by atoms with van der Waals surface area (Å²) in [6.45, 7) is 0. The maximum atomic E-state index is 11.3. The zero-order valence-electron chi connectivity index (χ0n) is 11.8. The molecule has 0 aliphatic rings. The lowest BCUT2D eigenvalue weighted by Crippen LogP contribution is -2.25. The van der Waals surface area contributed by atoms with Crippen LogP contribution in [0.3, 0.4) is 0 Å². The average Bonchev–Trinajstić information content (AvgIpc) is 3.01. The normalized spacial score (nSPS) is 10.6. The van der Waals surface area contributed by atoms with Gasteiger partial charge in [-0.1, -0.05) is 0 Å². The Hall–Kier alpha value is -3.16. The molecular formula is C14H11N4O4-. The van der Waals surface area contributed by atoms with Gasteiger partial charge in [0, 0.05) is 11.6 Å². The van der Waals surface area contributed by atoms with Gasteiger partial charge in [-0.15, -0.1) is 0 Å². The second-order valence-corrected chi connectivity index (χ2v) is 4.35. The van der Waals surface area contributed by atoms with Gasteiger partial charge in [0.1, 0.15) is 17.8 Å². The van der Waals surface area contributed by atoms with Crippen LogP contribution < -0.4 is 14.6 Å². The van der Waals surface area contributed by atoms with Crippen molar-refractivity contribution >= 4 is 11.7 Å². The van der Waals surface area contributed by atoms with E-state index in [1.54, 1.807) is 25.3 Å². The van der Waals surface area contributed by atoms with Crippen molar-refractivity contribution < 1.29 is 19.4 Å². The zero-order chi connectivity index (χ0) is 15.7. The number of aromatic carboxylic acids is 1. The van der Waals surface area contributed by atoms with Crippen molar-refractivity contribution in [3.8, 4) is 22.8 Å². The number of hydrogen-bond donors (Lipinski definition) is 0. The summed E-state index contributed by atoms with van der Waals surface area (Å²) in [5.41, 5.74) is 0.853. The number of benzene rings is 1. The second kappa shape index (κ2) is 5.32. The number of carbonyl (C=O) groups excluding carboxylic acids is 1. The number of rotatable bonds is 4. The molecular weight excluding hydrogens is 288 g/mol. The first-order valence-electron chi connectivity index (χ1n) is 6.28. The zero-order valence-corrected chi connectivity index (χ0v) is 11.8. The third-order valence-corrected chi connectivity index (χ3v) is 3.15. The third kappa shape index (κ3) is 2.20. The Labute approximate surface area is 125 Å². The molecule has 8 heteroatoms. The van der Waals surface area contributed by atoms with Gasteiger partial charge >= 0.3 is 0 Å². The number of ether oxygens (including phenoxy) is 2. The molecule has 0 bridgehead atoms. The van der Waals surface area contributed by atoms with Crippen molar-refractivity contribution in [2.24, 2.45) is 0 Å². The minimum atomic E-state index is -1.37. The first-order chi connectivity index (χ1) is 10.6. The van der Waals surface area contributed by atoms with Crippen molar-refractivity contribution in [3.63, 3.8) is 0 Å². The van der Waals surface area contributed by atoms with E-state index in [0.717, 1.165) is 4.52 Å². The van der Waals surface area contributed by atoms with Crippen molar-refractivity contribution in [2.45, 2.75) is 0 Å². The van der Waals surface area contributed by atoms with Crippen LogP contribution in [0.15, 0.2) is 30.6 Å². The topological polar surface area (TPSA) is 102 Å². The molecule has 3 aromatic rings. The Morgan fingerprint density at radius 2 is 2.05 bits per heavy atom. The fraction of sp³-hybridized carbons (Fsp3) is 0.143. The number of aromatic nitrogens is 4. The van der Waals surface area contributed by atoms with Crippen LogP contribution in [0.1, 0.15) is 10.5 Å².